The number of hydrogen-bond donors (Lipinski definition) is 1. The smallest absolute Gasteiger partial charge is 0.0932 e. The molecule has 90 valence electrons. The standard InChI is InChI=1S/C14H15ClOS/c1-9-4-3-5-10(2)11(9)8-12(16)13-6-7-14(15)17-13/h3-7,12,16H,8H2,1-2H3. The minimum Gasteiger partial charge on any atom is -0.387 e. The van der Waals surface area contributed by atoms with Crippen LogP contribution in [-0.2, 0) is 6.42 Å². The topological polar surface area (TPSA) is 20.2 Å². The van der Waals surface area contributed by atoms with Crippen LogP contribution in [-0.4, -0.2) is 5.11 Å². The lowest BCUT2D eigenvalue weighted by atomic mass is 9.97. The van der Waals surface area contributed by atoms with Gasteiger partial charge in [-0.05, 0) is 42.7 Å². The number of hydrogen-bond acceptors (Lipinski definition) is 2. The Hall–Kier alpha value is -0.830. The normalized spacial score (nSPS) is 12.7. The quantitative estimate of drug-likeness (QED) is 0.878. The third-order valence-electron chi connectivity index (χ3n) is 2.96. The molecule has 0 amide bonds. The van der Waals surface area contributed by atoms with Crippen LogP contribution >= 0.6 is 22.9 Å². The van der Waals surface area contributed by atoms with Crippen LogP contribution in [0.5, 0.6) is 0 Å². The Labute approximate surface area is 111 Å². The predicted molar refractivity (Wildman–Crippen MR) is 73.9 cm³/mol. The molecule has 17 heavy (non-hydrogen) atoms. The average Bonchev–Trinajstić information content (AvgIpc) is 2.70. The van der Waals surface area contributed by atoms with Crippen molar-refractivity contribution in [2.45, 2.75) is 26.4 Å². The summed E-state index contributed by atoms with van der Waals surface area (Å²) < 4.78 is 0.723. The molecular formula is C14H15ClOS. The Balaban J connectivity index is 2.21. The third-order valence-corrected chi connectivity index (χ3v) is 4.30. The predicted octanol–water partition coefficient (Wildman–Crippen LogP) is 4.29. The molecule has 0 saturated carbocycles. The molecule has 0 aliphatic rings. The van der Waals surface area contributed by atoms with Crippen molar-refractivity contribution < 1.29 is 5.11 Å². The van der Waals surface area contributed by atoms with E-state index in [0.29, 0.717) is 6.42 Å². The van der Waals surface area contributed by atoms with Gasteiger partial charge in [-0.25, -0.2) is 0 Å². The van der Waals surface area contributed by atoms with Crippen LogP contribution < -0.4 is 0 Å². The number of thiophene rings is 1. The Morgan fingerprint density at radius 3 is 2.35 bits per heavy atom. The van der Waals surface area contributed by atoms with Crippen LogP contribution in [0.25, 0.3) is 0 Å². The van der Waals surface area contributed by atoms with E-state index in [-0.39, 0.29) is 0 Å². The van der Waals surface area contributed by atoms with Gasteiger partial charge in [-0.1, -0.05) is 29.8 Å². The highest BCUT2D eigenvalue weighted by Crippen LogP contribution is 2.30. The van der Waals surface area contributed by atoms with Crippen LogP contribution in [0.1, 0.15) is 27.7 Å². The summed E-state index contributed by atoms with van der Waals surface area (Å²) in [5.41, 5.74) is 3.68. The number of rotatable bonds is 3. The van der Waals surface area contributed by atoms with Gasteiger partial charge in [0, 0.05) is 11.3 Å². The van der Waals surface area contributed by atoms with Crippen molar-refractivity contribution in [3.05, 3.63) is 56.2 Å². The maximum absolute atomic E-state index is 10.2. The first-order chi connectivity index (χ1) is 8.08. The van der Waals surface area contributed by atoms with Crippen molar-refractivity contribution in [2.24, 2.45) is 0 Å². The van der Waals surface area contributed by atoms with Crippen molar-refractivity contribution in [2.75, 3.05) is 0 Å². The van der Waals surface area contributed by atoms with E-state index in [1.54, 1.807) is 0 Å². The van der Waals surface area contributed by atoms with E-state index in [0.717, 1.165) is 9.21 Å². The minimum absolute atomic E-state index is 0.465. The van der Waals surface area contributed by atoms with Crippen molar-refractivity contribution in [1.29, 1.82) is 0 Å². The van der Waals surface area contributed by atoms with Gasteiger partial charge in [0.25, 0.3) is 0 Å². The molecule has 0 aliphatic heterocycles. The molecule has 1 unspecified atom stereocenters. The molecule has 1 aromatic heterocycles. The lowest BCUT2D eigenvalue weighted by molar-refractivity contribution is 0.182. The highest BCUT2D eigenvalue weighted by atomic mass is 35.5. The summed E-state index contributed by atoms with van der Waals surface area (Å²) in [6.45, 7) is 4.16. The van der Waals surface area contributed by atoms with Crippen LogP contribution in [0.2, 0.25) is 4.34 Å². The monoisotopic (exact) mass is 266 g/mol. The Bertz CT molecular complexity index is 498. The highest BCUT2D eigenvalue weighted by molar-refractivity contribution is 7.16. The molecule has 0 saturated heterocycles. The van der Waals surface area contributed by atoms with Crippen LogP contribution in [0.4, 0.5) is 0 Å². The van der Waals surface area contributed by atoms with E-state index >= 15 is 0 Å². The molecule has 0 aliphatic carbocycles. The Morgan fingerprint density at radius 2 is 1.82 bits per heavy atom. The lowest BCUT2D eigenvalue weighted by Gasteiger charge is -2.13. The molecule has 1 nitrogen and oxygen atoms in total. The lowest BCUT2D eigenvalue weighted by Crippen LogP contribution is -2.03. The van der Waals surface area contributed by atoms with Gasteiger partial charge < -0.3 is 5.11 Å². The van der Waals surface area contributed by atoms with Gasteiger partial charge in [-0.15, -0.1) is 11.3 Å². The molecule has 0 bridgehead atoms. The molecule has 2 rings (SSSR count). The zero-order valence-electron chi connectivity index (χ0n) is 9.90. The maximum Gasteiger partial charge on any atom is 0.0932 e. The van der Waals surface area contributed by atoms with Crippen molar-refractivity contribution >= 4 is 22.9 Å². The maximum atomic E-state index is 10.2. The zero-order valence-corrected chi connectivity index (χ0v) is 11.5. The number of aryl methyl sites for hydroxylation is 2. The molecule has 3 heteroatoms. The summed E-state index contributed by atoms with van der Waals surface area (Å²) in [5.74, 6) is 0. The Kier molecular flexibility index (Phi) is 3.87. The molecule has 1 N–H and O–H groups in total. The second kappa shape index (κ2) is 5.21. The molecule has 0 spiro atoms. The van der Waals surface area contributed by atoms with Gasteiger partial charge in [0.1, 0.15) is 0 Å². The van der Waals surface area contributed by atoms with E-state index in [1.807, 2.05) is 18.2 Å². The second-order valence-electron chi connectivity index (χ2n) is 4.23. The van der Waals surface area contributed by atoms with Gasteiger partial charge in [-0.3, -0.25) is 0 Å². The SMILES string of the molecule is Cc1cccc(C)c1CC(O)c1ccc(Cl)s1. The summed E-state index contributed by atoms with van der Waals surface area (Å²) in [7, 11) is 0. The number of aliphatic hydroxyl groups excluding tert-OH is 1. The summed E-state index contributed by atoms with van der Waals surface area (Å²) in [4.78, 5) is 0.928. The van der Waals surface area contributed by atoms with E-state index in [1.165, 1.54) is 28.0 Å². The molecule has 1 atom stereocenters. The molecule has 1 heterocycles. The summed E-state index contributed by atoms with van der Waals surface area (Å²) >= 11 is 7.32. The first-order valence-electron chi connectivity index (χ1n) is 5.56. The molecule has 2 aromatic rings. The van der Waals surface area contributed by atoms with Gasteiger partial charge in [0.15, 0.2) is 0 Å². The number of halogens is 1. The largest absolute Gasteiger partial charge is 0.387 e. The molecular weight excluding hydrogens is 252 g/mol. The van der Waals surface area contributed by atoms with Crippen molar-refractivity contribution in [1.82, 2.24) is 0 Å². The van der Waals surface area contributed by atoms with E-state index in [4.69, 9.17) is 11.6 Å². The summed E-state index contributed by atoms with van der Waals surface area (Å²) in [6.07, 6.45) is 0.183. The fourth-order valence-corrected chi connectivity index (χ4v) is 3.02. The van der Waals surface area contributed by atoms with Crippen LogP contribution in [0.3, 0.4) is 0 Å². The zero-order chi connectivity index (χ0) is 12.4. The number of aliphatic hydroxyl groups is 1. The van der Waals surface area contributed by atoms with E-state index in [9.17, 15) is 5.11 Å². The fourth-order valence-electron chi connectivity index (χ4n) is 1.97. The third kappa shape index (κ3) is 2.89. The fraction of sp³-hybridized carbons (Fsp3) is 0.286. The average molecular weight is 267 g/mol. The minimum atomic E-state index is -0.465. The van der Waals surface area contributed by atoms with Gasteiger partial charge in [-0.2, -0.15) is 0 Å². The van der Waals surface area contributed by atoms with Gasteiger partial charge in [0.05, 0.1) is 10.4 Å². The number of benzene rings is 1. The van der Waals surface area contributed by atoms with Crippen LogP contribution in [0.15, 0.2) is 30.3 Å². The molecule has 0 fully saturated rings. The van der Waals surface area contributed by atoms with E-state index in [2.05, 4.69) is 26.0 Å². The second-order valence-corrected chi connectivity index (χ2v) is 5.98. The van der Waals surface area contributed by atoms with Crippen molar-refractivity contribution in [3.8, 4) is 0 Å². The summed E-state index contributed by atoms with van der Waals surface area (Å²) in [5, 5.41) is 10.2. The van der Waals surface area contributed by atoms with E-state index < -0.39 is 6.10 Å². The first kappa shape index (κ1) is 12.6. The molecule has 1 aromatic carbocycles. The first-order valence-corrected chi connectivity index (χ1v) is 6.76. The summed E-state index contributed by atoms with van der Waals surface area (Å²) in [6, 6.07) is 9.93. The van der Waals surface area contributed by atoms with Crippen molar-refractivity contribution in [3.63, 3.8) is 0 Å². The van der Waals surface area contributed by atoms with Gasteiger partial charge in [0.2, 0.25) is 0 Å². The van der Waals surface area contributed by atoms with Gasteiger partial charge >= 0.3 is 0 Å². The Morgan fingerprint density at radius 1 is 1.18 bits per heavy atom. The molecule has 0 radical (unpaired) electrons. The highest BCUT2D eigenvalue weighted by Gasteiger charge is 2.13. The van der Waals surface area contributed by atoms with Crippen LogP contribution in [0, 0.1) is 13.8 Å².